The number of allylic oxidation sites excluding steroid dienone is 1. The first-order valence-corrected chi connectivity index (χ1v) is 5.70. The van der Waals surface area contributed by atoms with E-state index in [1.807, 2.05) is 0 Å². The van der Waals surface area contributed by atoms with Crippen LogP contribution in [0.3, 0.4) is 0 Å². The zero-order valence-corrected chi connectivity index (χ0v) is 9.06. The summed E-state index contributed by atoms with van der Waals surface area (Å²) in [6.07, 6.45) is 6.95. The Morgan fingerprint density at radius 1 is 1.47 bits per heavy atom. The van der Waals surface area contributed by atoms with Crippen LogP contribution in [0.1, 0.15) is 26.2 Å². The zero-order valence-electron chi connectivity index (χ0n) is 9.06. The molecule has 0 aromatic carbocycles. The number of carboxylic acids is 1. The Bertz CT molecular complexity index is 272. The van der Waals surface area contributed by atoms with Crippen LogP contribution in [0.2, 0.25) is 0 Å². The number of rotatable bonds is 5. The van der Waals surface area contributed by atoms with Gasteiger partial charge < -0.3 is 9.84 Å². The van der Waals surface area contributed by atoms with Crippen LogP contribution in [0.15, 0.2) is 12.2 Å². The fraction of sp³-hybridized carbons (Fsp3) is 0.750. The number of aliphatic carboxylic acids is 1. The molecule has 15 heavy (non-hydrogen) atoms. The molecule has 3 heteroatoms. The molecule has 1 fully saturated rings. The lowest BCUT2D eigenvalue weighted by molar-refractivity contribution is -0.137. The molecule has 0 aromatic heterocycles. The number of fused-ring (bicyclic) bond motifs is 2. The normalized spacial score (nSPS) is 37.4. The van der Waals surface area contributed by atoms with E-state index in [-0.39, 0.29) is 6.42 Å². The maximum absolute atomic E-state index is 10.3. The van der Waals surface area contributed by atoms with Gasteiger partial charge in [0.15, 0.2) is 0 Å². The summed E-state index contributed by atoms with van der Waals surface area (Å²) in [5.74, 6) is 1.14. The van der Waals surface area contributed by atoms with Gasteiger partial charge in [0.2, 0.25) is 0 Å². The second kappa shape index (κ2) is 4.35. The molecule has 0 saturated heterocycles. The molecule has 0 heterocycles. The monoisotopic (exact) mass is 210 g/mol. The SMILES string of the molecule is CC1C2C=CC(C2)C1OCCCC(=O)O. The lowest BCUT2D eigenvalue weighted by Crippen LogP contribution is -2.26. The average molecular weight is 210 g/mol. The molecule has 2 bridgehead atoms. The van der Waals surface area contributed by atoms with E-state index in [9.17, 15) is 4.79 Å². The molecule has 2 aliphatic carbocycles. The van der Waals surface area contributed by atoms with Crippen molar-refractivity contribution in [3.8, 4) is 0 Å². The first kappa shape index (κ1) is 10.7. The summed E-state index contributed by atoms with van der Waals surface area (Å²) < 4.78 is 5.78. The standard InChI is InChI=1S/C12H18O3/c1-8-9-4-5-10(7-9)12(8)15-6-2-3-11(13)14/h4-5,8-10,12H,2-3,6-7H2,1H3,(H,13,14). The van der Waals surface area contributed by atoms with Crippen LogP contribution in [0.4, 0.5) is 0 Å². The number of hydrogen-bond donors (Lipinski definition) is 1. The summed E-state index contributed by atoms with van der Waals surface area (Å²) in [4.78, 5) is 10.3. The van der Waals surface area contributed by atoms with Crippen molar-refractivity contribution in [3.05, 3.63) is 12.2 Å². The van der Waals surface area contributed by atoms with Crippen molar-refractivity contribution < 1.29 is 14.6 Å². The van der Waals surface area contributed by atoms with E-state index < -0.39 is 5.97 Å². The van der Waals surface area contributed by atoms with Crippen molar-refractivity contribution in [1.29, 1.82) is 0 Å². The van der Waals surface area contributed by atoms with E-state index in [1.54, 1.807) is 0 Å². The second-order valence-corrected chi connectivity index (χ2v) is 4.64. The molecule has 0 amide bonds. The predicted octanol–water partition coefficient (Wildman–Crippen LogP) is 2.08. The molecule has 1 N–H and O–H groups in total. The van der Waals surface area contributed by atoms with Gasteiger partial charge in [0.1, 0.15) is 0 Å². The third-order valence-corrected chi connectivity index (χ3v) is 3.61. The van der Waals surface area contributed by atoms with Crippen LogP contribution in [0, 0.1) is 17.8 Å². The second-order valence-electron chi connectivity index (χ2n) is 4.64. The van der Waals surface area contributed by atoms with Gasteiger partial charge in [-0.15, -0.1) is 0 Å². The summed E-state index contributed by atoms with van der Waals surface area (Å²) in [5.41, 5.74) is 0. The van der Waals surface area contributed by atoms with Gasteiger partial charge in [0.25, 0.3) is 0 Å². The molecule has 2 rings (SSSR count). The minimum Gasteiger partial charge on any atom is -0.481 e. The topological polar surface area (TPSA) is 46.5 Å². The summed E-state index contributed by atoms with van der Waals surface area (Å²) in [7, 11) is 0. The highest BCUT2D eigenvalue weighted by Crippen LogP contribution is 2.44. The molecule has 0 aliphatic heterocycles. The summed E-state index contributed by atoms with van der Waals surface area (Å²) >= 11 is 0. The van der Waals surface area contributed by atoms with Gasteiger partial charge in [-0.25, -0.2) is 0 Å². The van der Waals surface area contributed by atoms with Crippen molar-refractivity contribution >= 4 is 5.97 Å². The third kappa shape index (κ3) is 2.23. The smallest absolute Gasteiger partial charge is 0.303 e. The Morgan fingerprint density at radius 3 is 2.80 bits per heavy atom. The molecule has 0 aromatic rings. The molecule has 84 valence electrons. The molecule has 4 unspecified atom stereocenters. The number of carbonyl (C=O) groups is 1. The fourth-order valence-electron chi connectivity index (χ4n) is 2.74. The van der Waals surface area contributed by atoms with Crippen molar-refractivity contribution in [1.82, 2.24) is 0 Å². The van der Waals surface area contributed by atoms with Gasteiger partial charge in [-0.05, 0) is 24.7 Å². The van der Waals surface area contributed by atoms with Crippen LogP contribution >= 0.6 is 0 Å². The van der Waals surface area contributed by atoms with Crippen molar-refractivity contribution in [2.24, 2.45) is 17.8 Å². The molecule has 1 saturated carbocycles. The Hall–Kier alpha value is -0.830. The molecule has 0 radical (unpaired) electrons. The summed E-state index contributed by atoms with van der Waals surface area (Å²) in [6, 6.07) is 0. The van der Waals surface area contributed by atoms with Gasteiger partial charge >= 0.3 is 5.97 Å². The van der Waals surface area contributed by atoms with Crippen LogP contribution in [-0.2, 0) is 9.53 Å². The first-order chi connectivity index (χ1) is 7.18. The first-order valence-electron chi connectivity index (χ1n) is 5.70. The van der Waals surface area contributed by atoms with Crippen LogP contribution < -0.4 is 0 Å². The number of ether oxygens (including phenoxy) is 1. The van der Waals surface area contributed by atoms with E-state index in [2.05, 4.69) is 19.1 Å². The molecule has 2 aliphatic rings. The Morgan fingerprint density at radius 2 is 2.20 bits per heavy atom. The molecular formula is C12H18O3. The average Bonchev–Trinajstić information content (AvgIpc) is 2.74. The van der Waals surface area contributed by atoms with Gasteiger partial charge in [0.05, 0.1) is 6.10 Å². The third-order valence-electron chi connectivity index (χ3n) is 3.61. The summed E-state index contributed by atoms with van der Waals surface area (Å²) in [6.45, 7) is 2.81. The van der Waals surface area contributed by atoms with E-state index in [1.165, 1.54) is 6.42 Å². The lowest BCUT2D eigenvalue weighted by Gasteiger charge is -2.24. The number of hydrogen-bond acceptors (Lipinski definition) is 2. The van der Waals surface area contributed by atoms with E-state index in [0.29, 0.717) is 36.9 Å². The predicted molar refractivity (Wildman–Crippen MR) is 56.5 cm³/mol. The fourth-order valence-corrected chi connectivity index (χ4v) is 2.74. The Kier molecular flexibility index (Phi) is 3.10. The molecule has 0 spiro atoms. The summed E-state index contributed by atoms with van der Waals surface area (Å²) in [5, 5.41) is 8.50. The highest BCUT2D eigenvalue weighted by atomic mass is 16.5. The minimum absolute atomic E-state index is 0.213. The van der Waals surface area contributed by atoms with E-state index >= 15 is 0 Å². The van der Waals surface area contributed by atoms with Crippen LogP contribution in [-0.4, -0.2) is 23.8 Å². The lowest BCUT2D eigenvalue weighted by atomic mass is 9.93. The highest BCUT2D eigenvalue weighted by molar-refractivity contribution is 5.66. The number of carboxylic acid groups (broad SMARTS) is 1. The largest absolute Gasteiger partial charge is 0.481 e. The maximum atomic E-state index is 10.3. The van der Waals surface area contributed by atoms with Crippen molar-refractivity contribution in [2.45, 2.75) is 32.3 Å². The Labute approximate surface area is 90.1 Å². The highest BCUT2D eigenvalue weighted by Gasteiger charge is 2.42. The molecular weight excluding hydrogens is 192 g/mol. The van der Waals surface area contributed by atoms with Crippen LogP contribution in [0.5, 0.6) is 0 Å². The van der Waals surface area contributed by atoms with Crippen LogP contribution in [0.25, 0.3) is 0 Å². The van der Waals surface area contributed by atoms with Gasteiger partial charge in [-0.1, -0.05) is 19.1 Å². The molecule has 3 nitrogen and oxygen atoms in total. The van der Waals surface area contributed by atoms with Crippen molar-refractivity contribution in [3.63, 3.8) is 0 Å². The van der Waals surface area contributed by atoms with Gasteiger partial charge in [-0.2, -0.15) is 0 Å². The quantitative estimate of drug-likeness (QED) is 0.558. The zero-order chi connectivity index (χ0) is 10.8. The van der Waals surface area contributed by atoms with Crippen molar-refractivity contribution in [2.75, 3.05) is 6.61 Å². The Balaban J connectivity index is 1.72. The van der Waals surface area contributed by atoms with Gasteiger partial charge in [-0.3, -0.25) is 4.79 Å². The maximum Gasteiger partial charge on any atom is 0.303 e. The minimum atomic E-state index is -0.737. The van der Waals surface area contributed by atoms with Gasteiger partial charge in [0, 0.05) is 18.9 Å². The molecule has 4 atom stereocenters. The van der Waals surface area contributed by atoms with E-state index in [0.717, 1.165) is 0 Å². The van der Waals surface area contributed by atoms with E-state index in [4.69, 9.17) is 9.84 Å².